The topological polar surface area (TPSA) is 69.7 Å². The molecule has 1 unspecified atom stereocenters. The van der Waals surface area contributed by atoms with Crippen LogP contribution < -0.4 is 14.5 Å². The fourth-order valence-electron chi connectivity index (χ4n) is 4.77. The number of Topliss-reactive ketones (excluding diaryl/α,β-unsaturated/α-hetero) is 1. The van der Waals surface area contributed by atoms with E-state index in [1.807, 2.05) is 6.07 Å². The summed E-state index contributed by atoms with van der Waals surface area (Å²) in [5.74, 6) is -1.17. The van der Waals surface area contributed by atoms with Crippen molar-refractivity contribution in [2.24, 2.45) is 0 Å². The molecule has 3 aromatic rings. The van der Waals surface area contributed by atoms with Gasteiger partial charge in [-0.25, -0.2) is 12.8 Å². The molecule has 3 aromatic carbocycles. The fourth-order valence-corrected chi connectivity index (χ4v) is 5.33. The van der Waals surface area contributed by atoms with Gasteiger partial charge in [-0.05, 0) is 60.4 Å². The van der Waals surface area contributed by atoms with Crippen LogP contribution in [0.2, 0.25) is 0 Å². The average molecular weight is 524 g/mol. The van der Waals surface area contributed by atoms with Gasteiger partial charge in [0.25, 0.3) is 0 Å². The molecule has 0 radical (unpaired) electrons. The van der Waals surface area contributed by atoms with Gasteiger partial charge in [0.05, 0.1) is 11.9 Å². The highest BCUT2D eigenvalue weighted by molar-refractivity contribution is 7.92. The van der Waals surface area contributed by atoms with Crippen molar-refractivity contribution < 1.29 is 17.6 Å². The molecule has 0 bridgehead atoms. The van der Waals surface area contributed by atoms with Crippen LogP contribution in [-0.4, -0.2) is 46.6 Å². The minimum atomic E-state index is -3.59. The molecule has 0 aliphatic carbocycles. The quantitative estimate of drug-likeness (QED) is 0.421. The molecule has 0 amide bonds. The summed E-state index contributed by atoms with van der Waals surface area (Å²) in [5.41, 5.74) is 5.14. The van der Waals surface area contributed by atoms with Gasteiger partial charge in [0.15, 0.2) is 0 Å². The van der Waals surface area contributed by atoms with Gasteiger partial charge in [-0.3, -0.25) is 9.52 Å². The first-order valence-electron chi connectivity index (χ1n) is 12.5. The molecule has 1 aliphatic rings. The Kier molecular flexibility index (Phi) is 8.17. The lowest BCUT2D eigenvalue weighted by Gasteiger charge is -2.38. The Balaban J connectivity index is 1.41. The second kappa shape index (κ2) is 11.3. The summed E-state index contributed by atoms with van der Waals surface area (Å²) < 4.78 is 39.4. The summed E-state index contributed by atoms with van der Waals surface area (Å²) in [4.78, 5) is 17.8. The van der Waals surface area contributed by atoms with E-state index in [1.54, 1.807) is 13.0 Å². The van der Waals surface area contributed by atoms with Crippen molar-refractivity contribution in [1.82, 2.24) is 0 Å². The zero-order valence-corrected chi connectivity index (χ0v) is 22.4. The van der Waals surface area contributed by atoms with Crippen LogP contribution in [0.3, 0.4) is 0 Å². The van der Waals surface area contributed by atoms with Crippen molar-refractivity contribution in [3.05, 3.63) is 89.2 Å². The van der Waals surface area contributed by atoms with Gasteiger partial charge in [0, 0.05) is 49.9 Å². The van der Waals surface area contributed by atoms with E-state index in [0.29, 0.717) is 18.4 Å². The van der Waals surface area contributed by atoms with Crippen LogP contribution in [0.1, 0.15) is 36.0 Å². The van der Waals surface area contributed by atoms with Crippen LogP contribution >= 0.6 is 0 Å². The third kappa shape index (κ3) is 6.89. The smallest absolute Gasteiger partial charge is 0.229 e. The lowest BCUT2D eigenvalue weighted by atomic mass is 9.92. The molecule has 1 saturated heterocycles. The highest BCUT2D eigenvalue weighted by Crippen LogP contribution is 2.28. The number of benzene rings is 3. The van der Waals surface area contributed by atoms with Crippen molar-refractivity contribution in [3.63, 3.8) is 0 Å². The molecule has 1 heterocycles. The standard InChI is InChI=1S/C29H34FN3O3S/c1-21-9-10-23(28(19-21)33-17-15-32(16-18-33)25-7-5-4-6-8-25)12-14-29(34)22(2)24-11-13-27(26(30)20-24)31-37(3,35)36/h4-11,13,19-20,22,31H,12,14-18H2,1-3H3. The number of sulfonamides is 1. The van der Waals surface area contributed by atoms with Gasteiger partial charge in [-0.15, -0.1) is 0 Å². The van der Waals surface area contributed by atoms with E-state index in [0.717, 1.165) is 38.0 Å². The number of rotatable bonds is 9. The van der Waals surface area contributed by atoms with Crippen LogP contribution in [-0.2, 0) is 21.2 Å². The maximum absolute atomic E-state index is 14.4. The maximum atomic E-state index is 14.4. The molecule has 4 rings (SSSR count). The highest BCUT2D eigenvalue weighted by atomic mass is 32.2. The number of carbonyl (C=O) groups excluding carboxylic acids is 1. The predicted octanol–water partition coefficient (Wildman–Crippen LogP) is 5.14. The molecule has 1 fully saturated rings. The number of carbonyl (C=O) groups is 1. The van der Waals surface area contributed by atoms with Crippen LogP contribution in [0.15, 0.2) is 66.7 Å². The number of anilines is 3. The summed E-state index contributed by atoms with van der Waals surface area (Å²) in [6.45, 7) is 7.52. The molecule has 8 heteroatoms. The van der Waals surface area contributed by atoms with Crippen molar-refractivity contribution >= 4 is 32.9 Å². The summed E-state index contributed by atoms with van der Waals surface area (Å²) in [6, 6.07) is 21.0. The number of hydrogen-bond acceptors (Lipinski definition) is 5. The Labute approximate surface area is 219 Å². The molecule has 6 nitrogen and oxygen atoms in total. The van der Waals surface area contributed by atoms with Gasteiger partial charge in [-0.2, -0.15) is 0 Å². The SMILES string of the molecule is Cc1ccc(CCC(=O)C(C)c2ccc(NS(C)(=O)=O)c(F)c2)c(N2CCN(c3ccccc3)CC2)c1. The van der Waals surface area contributed by atoms with E-state index >= 15 is 0 Å². The fraction of sp³-hybridized carbons (Fsp3) is 0.345. The van der Waals surface area contributed by atoms with E-state index in [4.69, 9.17) is 0 Å². The third-order valence-electron chi connectivity index (χ3n) is 6.89. The highest BCUT2D eigenvalue weighted by Gasteiger charge is 2.22. The van der Waals surface area contributed by atoms with Gasteiger partial charge >= 0.3 is 0 Å². The van der Waals surface area contributed by atoms with Gasteiger partial charge in [0.2, 0.25) is 10.0 Å². The lowest BCUT2D eigenvalue weighted by molar-refractivity contribution is -0.120. The summed E-state index contributed by atoms with van der Waals surface area (Å²) in [6.07, 6.45) is 1.91. The predicted molar refractivity (Wildman–Crippen MR) is 149 cm³/mol. The molecule has 0 saturated carbocycles. The number of hydrogen-bond donors (Lipinski definition) is 1. The molecule has 0 aromatic heterocycles. The molecule has 196 valence electrons. The van der Waals surface area contributed by atoms with E-state index in [1.165, 1.54) is 29.1 Å². The van der Waals surface area contributed by atoms with Crippen molar-refractivity contribution in [3.8, 4) is 0 Å². The van der Waals surface area contributed by atoms with Crippen molar-refractivity contribution in [2.45, 2.75) is 32.6 Å². The Bertz CT molecular complexity index is 1350. The summed E-state index contributed by atoms with van der Waals surface area (Å²) in [5, 5.41) is 0. The first kappa shape index (κ1) is 26.7. The Hall–Kier alpha value is -3.39. The number of aryl methyl sites for hydroxylation is 2. The zero-order valence-electron chi connectivity index (χ0n) is 21.6. The monoisotopic (exact) mass is 523 g/mol. The number of para-hydroxylation sites is 1. The first-order chi connectivity index (χ1) is 17.6. The number of nitrogens with one attached hydrogen (secondary N) is 1. The Morgan fingerprint density at radius 1 is 0.973 bits per heavy atom. The van der Waals surface area contributed by atoms with Crippen LogP contribution in [0.5, 0.6) is 0 Å². The number of halogens is 1. The third-order valence-corrected chi connectivity index (χ3v) is 7.49. The van der Waals surface area contributed by atoms with Crippen molar-refractivity contribution in [1.29, 1.82) is 0 Å². The summed E-state index contributed by atoms with van der Waals surface area (Å²) in [7, 11) is -3.59. The van der Waals surface area contributed by atoms with Crippen LogP contribution in [0.25, 0.3) is 0 Å². The summed E-state index contributed by atoms with van der Waals surface area (Å²) >= 11 is 0. The first-order valence-corrected chi connectivity index (χ1v) is 14.4. The second-order valence-electron chi connectivity index (χ2n) is 9.74. The number of piperazine rings is 1. The molecule has 1 aliphatic heterocycles. The van der Waals surface area contributed by atoms with Gasteiger partial charge < -0.3 is 9.80 Å². The van der Waals surface area contributed by atoms with Crippen LogP contribution in [0, 0.1) is 12.7 Å². The van der Waals surface area contributed by atoms with E-state index in [9.17, 15) is 17.6 Å². The Morgan fingerprint density at radius 3 is 2.30 bits per heavy atom. The molecule has 37 heavy (non-hydrogen) atoms. The van der Waals surface area contributed by atoms with E-state index < -0.39 is 21.8 Å². The maximum Gasteiger partial charge on any atom is 0.229 e. The molecular formula is C29H34FN3O3S. The second-order valence-corrected chi connectivity index (χ2v) is 11.5. The minimum Gasteiger partial charge on any atom is -0.368 e. The van der Waals surface area contributed by atoms with Crippen molar-refractivity contribution in [2.75, 3.05) is 47.0 Å². The largest absolute Gasteiger partial charge is 0.368 e. The minimum absolute atomic E-state index is 0.0173. The van der Waals surface area contributed by atoms with Crippen LogP contribution in [0.4, 0.5) is 21.5 Å². The van der Waals surface area contributed by atoms with Gasteiger partial charge in [-0.1, -0.05) is 43.3 Å². The van der Waals surface area contributed by atoms with E-state index in [2.05, 4.69) is 63.9 Å². The zero-order chi connectivity index (χ0) is 26.6. The normalized spacial score (nSPS) is 14.9. The number of nitrogens with zero attached hydrogens (tertiary/aromatic N) is 2. The van der Waals surface area contributed by atoms with Gasteiger partial charge in [0.1, 0.15) is 11.6 Å². The average Bonchev–Trinajstić information content (AvgIpc) is 2.88. The number of ketones is 1. The molecule has 0 spiro atoms. The molecule has 1 atom stereocenters. The van der Waals surface area contributed by atoms with E-state index in [-0.39, 0.29) is 11.5 Å². The molecule has 1 N–H and O–H groups in total. The lowest BCUT2D eigenvalue weighted by Crippen LogP contribution is -2.46. The molecular weight excluding hydrogens is 489 g/mol. The Morgan fingerprint density at radius 2 is 1.65 bits per heavy atom.